The summed E-state index contributed by atoms with van der Waals surface area (Å²) >= 11 is 18.8. The number of nitrogens with one attached hydrogen (secondary N) is 1. The first-order valence-electron chi connectivity index (χ1n) is 12.3. The van der Waals surface area contributed by atoms with E-state index < -0.39 is 6.04 Å². The minimum Gasteiger partial charge on any atom is -0.493 e. The number of aliphatic imine (C=N–C) groups is 1. The number of ether oxygens (including phenoxy) is 1. The summed E-state index contributed by atoms with van der Waals surface area (Å²) in [7, 11) is 0. The number of urea groups is 1. The summed E-state index contributed by atoms with van der Waals surface area (Å²) in [6.45, 7) is 5.07. The average molecular weight is 594 g/mol. The van der Waals surface area contributed by atoms with Crippen LogP contribution in [0.3, 0.4) is 0 Å². The second-order valence-corrected chi connectivity index (χ2v) is 10.2. The minimum absolute atomic E-state index is 0. The molecule has 2 amide bonds. The number of hydrogen-bond donors (Lipinski definition) is 1. The molecule has 0 spiro atoms. The molecule has 1 saturated heterocycles. The first-order chi connectivity index (χ1) is 18.0. The zero-order valence-corrected chi connectivity index (χ0v) is 23.8. The number of carbonyl (C=O) groups excluding carboxylic acids is 1. The van der Waals surface area contributed by atoms with Crippen LogP contribution >= 0.6 is 47.2 Å². The third-order valence-corrected chi connectivity index (χ3v) is 7.31. The molecule has 2 atom stereocenters. The molecule has 2 aliphatic heterocycles. The lowest BCUT2D eigenvalue weighted by Gasteiger charge is -2.36. The first-order valence-corrected chi connectivity index (χ1v) is 13.4. The Morgan fingerprint density at radius 1 is 0.921 bits per heavy atom. The average Bonchev–Trinajstić information content (AvgIpc) is 3.30. The van der Waals surface area contributed by atoms with Crippen molar-refractivity contribution in [3.8, 4) is 5.75 Å². The highest BCUT2D eigenvalue weighted by atomic mass is 35.5. The predicted molar refractivity (Wildman–Crippen MR) is 156 cm³/mol. The third kappa shape index (κ3) is 5.90. The van der Waals surface area contributed by atoms with Crippen molar-refractivity contribution in [2.75, 3.05) is 32.8 Å². The van der Waals surface area contributed by atoms with E-state index in [4.69, 9.17) is 44.5 Å². The Morgan fingerprint density at radius 2 is 1.50 bits per heavy atom. The molecule has 2 heterocycles. The van der Waals surface area contributed by atoms with Gasteiger partial charge in [0.25, 0.3) is 0 Å². The maximum Gasteiger partial charge on any atom is 0.326 e. The fourth-order valence-electron chi connectivity index (χ4n) is 4.82. The normalized spacial score (nSPS) is 19.1. The van der Waals surface area contributed by atoms with Crippen molar-refractivity contribution in [2.24, 2.45) is 4.99 Å². The van der Waals surface area contributed by atoms with Crippen LogP contribution in [0.15, 0.2) is 71.7 Å². The summed E-state index contributed by atoms with van der Waals surface area (Å²) in [5, 5.41) is 5.14. The lowest BCUT2D eigenvalue weighted by molar-refractivity contribution is 0.157. The van der Waals surface area contributed by atoms with Crippen molar-refractivity contribution in [3.05, 3.63) is 98.5 Å². The molecule has 1 fully saturated rings. The molecule has 5 rings (SSSR count). The number of amides is 2. The second kappa shape index (κ2) is 12.6. The minimum atomic E-state index is -0.402. The van der Waals surface area contributed by atoms with Crippen LogP contribution in [0.25, 0.3) is 0 Å². The molecule has 0 saturated carbocycles. The number of amidine groups is 1. The van der Waals surface area contributed by atoms with Crippen LogP contribution in [0.1, 0.15) is 35.7 Å². The Kier molecular flexibility index (Phi) is 9.45. The van der Waals surface area contributed by atoms with Crippen LogP contribution < -0.4 is 10.1 Å². The number of benzene rings is 3. The van der Waals surface area contributed by atoms with E-state index in [1.807, 2.05) is 66.4 Å². The molecule has 2 aliphatic rings. The summed E-state index contributed by atoms with van der Waals surface area (Å²) in [6.07, 6.45) is 0. The van der Waals surface area contributed by atoms with E-state index in [2.05, 4.69) is 5.32 Å². The lowest BCUT2D eigenvalue weighted by Crippen LogP contribution is -2.53. The van der Waals surface area contributed by atoms with E-state index >= 15 is 0 Å². The van der Waals surface area contributed by atoms with Gasteiger partial charge in [-0.25, -0.2) is 4.79 Å². The van der Waals surface area contributed by atoms with E-state index in [9.17, 15) is 4.79 Å². The highest BCUT2D eigenvalue weighted by Crippen LogP contribution is 2.45. The SMILES string of the molecule is CCOc1cc(Cl)ccc1C1=NC(c2ccc(Cl)cc2)C(c2ccc(Cl)cc2)N1C(=O)N1CCNCC1.Cl. The van der Waals surface area contributed by atoms with E-state index in [-0.39, 0.29) is 24.5 Å². The highest BCUT2D eigenvalue weighted by Gasteiger charge is 2.44. The summed E-state index contributed by atoms with van der Waals surface area (Å²) in [4.78, 5) is 23.1. The fourth-order valence-corrected chi connectivity index (χ4v) is 5.23. The summed E-state index contributed by atoms with van der Waals surface area (Å²) in [5.41, 5.74) is 2.59. The smallest absolute Gasteiger partial charge is 0.326 e. The molecule has 2 unspecified atom stereocenters. The van der Waals surface area contributed by atoms with Crippen LogP contribution in [0.2, 0.25) is 15.1 Å². The molecule has 3 aromatic rings. The van der Waals surface area contributed by atoms with E-state index in [0.29, 0.717) is 51.9 Å². The van der Waals surface area contributed by atoms with Crippen molar-refractivity contribution < 1.29 is 9.53 Å². The van der Waals surface area contributed by atoms with Crippen molar-refractivity contribution in [1.29, 1.82) is 0 Å². The van der Waals surface area contributed by atoms with Gasteiger partial charge < -0.3 is 15.0 Å². The topological polar surface area (TPSA) is 57.2 Å². The number of piperazine rings is 1. The molecule has 38 heavy (non-hydrogen) atoms. The Hall–Kier alpha value is -2.48. The van der Waals surface area contributed by atoms with Crippen LogP contribution in [0, 0.1) is 0 Å². The van der Waals surface area contributed by atoms with Gasteiger partial charge in [-0.2, -0.15) is 0 Å². The van der Waals surface area contributed by atoms with E-state index in [0.717, 1.165) is 24.2 Å². The molecule has 0 bridgehead atoms. The number of hydrogen-bond acceptors (Lipinski definition) is 4. The predicted octanol–water partition coefficient (Wildman–Crippen LogP) is 7.04. The van der Waals surface area contributed by atoms with Gasteiger partial charge in [0, 0.05) is 41.2 Å². The maximum atomic E-state index is 14.2. The van der Waals surface area contributed by atoms with Crippen molar-refractivity contribution in [1.82, 2.24) is 15.1 Å². The standard InChI is InChI=1S/C28H27Cl3N4O2.ClH/c1-2-37-24-17-22(31)11-12-23(24)27-33-25(18-3-7-20(29)8-4-18)26(19-5-9-21(30)10-6-19)35(27)28(36)34-15-13-32-14-16-34;/h3-12,17,25-26,32H,2,13-16H2,1H3;1H. The van der Waals surface area contributed by atoms with Gasteiger partial charge in [0.1, 0.15) is 17.6 Å². The molecule has 0 aromatic heterocycles. The fraction of sp³-hybridized carbons (Fsp3) is 0.286. The first kappa shape index (κ1) is 28.5. The van der Waals surface area contributed by atoms with Gasteiger partial charge in [-0.3, -0.25) is 9.89 Å². The molecular formula is C28H28Cl4N4O2. The van der Waals surface area contributed by atoms with Crippen LogP contribution in [-0.2, 0) is 0 Å². The largest absolute Gasteiger partial charge is 0.493 e. The zero-order chi connectivity index (χ0) is 25.9. The molecule has 0 radical (unpaired) electrons. The maximum absolute atomic E-state index is 14.2. The third-order valence-electron chi connectivity index (χ3n) is 6.57. The molecule has 3 aromatic carbocycles. The van der Waals surface area contributed by atoms with Crippen molar-refractivity contribution in [3.63, 3.8) is 0 Å². The quantitative estimate of drug-likeness (QED) is 0.345. The lowest BCUT2D eigenvalue weighted by atomic mass is 9.93. The number of nitrogens with zero attached hydrogens (tertiary/aromatic N) is 3. The number of rotatable bonds is 5. The Balaban J connectivity index is 0.00000336. The number of halogens is 4. The van der Waals surface area contributed by atoms with Gasteiger partial charge in [0.2, 0.25) is 0 Å². The summed E-state index contributed by atoms with van der Waals surface area (Å²) in [5.74, 6) is 1.13. The molecular weight excluding hydrogens is 566 g/mol. The van der Waals surface area contributed by atoms with Gasteiger partial charge in [-0.15, -0.1) is 12.4 Å². The summed E-state index contributed by atoms with van der Waals surface area (Å²) < 4.78 is 5.96. The number of carbonyl (C=O) groups is 1. The van der Waals surface area contributed by atoms with Gasteiger partial charge >= 0.3 is 6.03 Å². The zero-order valence-electron chi connectivity index (χ0n) is 20.7. The van der Waals surface area contributed by atoms with Gasteiger partial charge in [-0.1, -0.05) is 59.1 Å². The summed E-state index contributed by atoms with van der Waals surface area (Å²) in [6, 6.07) is 19.8. The Bertz CT molecular complexity index is 1300. The molecule has 1 N–H and O–H groups in total. The highest BCUT2D eigenvalue weighted by molar-refractivity contribution is 6.31. The molecule has 6 nitrogen and oxygen atoms in total. The van der Waals surface area contributed by atoms with E-state index in [1.165, 1.54) is 0 Å². The van der Waals surface area contributed by atoms with Gasteiger partial charge in [-0.05, 0) is 60.5 Å². The molecule has 0 aliphatic carbocycles. The Morgan fingerprint density at radius 3 is 2.11 bits per heavy atom. The van der Waals surface area contributed by atoms with Crippen molar-refractivity contribution >= 4 is 59.1 Å². The van der Waals surface area contributed by atoms with E-state index in [1.54, 1.807) is 17.0 Å². The van der Waals surface area contributed by atoms with Gasteiger partial charge in [0.15, 0.2) is 0 Å². The van der Waals surface area contributed by atoms with Crippen molar-refractivity contribution in [2.45, 2.75) is 19.0 Å². The Labute approximate surface area is 243 Å². The van der Waals surface area contributed by atoms with Crippen LogP contribution in [-0.4, -0.2) is 54.5 Å². The van der Waals surface area contributed by atoms with Crippen LogP contribution in [0.4, 0.5) is 4.79 Å². The monoisotopic (exact) mass is 592 g/mol. The van der Waals surface area contributed by atoms with Crippen LogP contribution in [0.5, 0.6) is 5.75 Å². The molecule has 200 valence electrons. The second-order valence-electron chi connectivity index (χ2n) is 8.91. The van der Waals surface area contributed by atoms with Gasteiger partial charge in [0.05, 0.1) is 18.2 Å². The molecule has 10 heteroatoms.